The highest BCUT2D eigenvalue weighted by atomic mass is 35.5. The van der Waals surface area contributed by atoms with Gasteiger partial charge in [-0.2, -0.15) is 0 Å². The molecule has 0 aliphatic heterocycles. The molecule has 0 heterocycles. The van der Waals surface area contributed by atoms with Crippen molar-refractivity contribution >= 4 is 39.1 Å². The maximum absolute atomic E-state index is 14.1. The van der Waals surface area contributed by atoms with Crippen LogP contribution in [-0.4, -0.2) is 50.5 Å². The fourth-order valence-corrected chi connectivity index (χ4v) is 5.67. The van der Waals surface area contributed by atoms with Crippen LogP contribution in [0.4, 0.5) is 5.69 Å². The lowest BCUT2D eigenvalue weighted by atomic mass is 10.0. The topological polar surface area (TPSA) is 96.0 Å². The third-order valence-electron chi connectivity index (χ3n) is 6.94. The molecule has 0 saturated carbocycles. The van der Waals surface area contributed by atoms with Gasteiger partial charge in [-0.05, 0) is 60.0 Å². The second-order valence-corrected chi connectivity index (χ2v) is 12.6. The van der Waals surface area contributed by atoms with Gasteiger partial charge in [0, 0.05) is 24.5 Å². The molecule has 2 amide bonds. The van der Waals surface area contributed by atoms with Crippen LogP contribution >= 0.6 is 11.6 Å². The lowest BCUT2D eigenvalue weighted by molar-refractivity contribution is -0.140. The lowest BCUT2D eigenvalue weighted by Gasteiger charge is -2.33. The smallest absolute Gasteiger partial charge is 0.244 e. The zero-order chi connectivity index (χ0) is 31.5. The van der Waals surface area contributed by atoms with E-state index < -0.39 is 28.5 Å². The standard InChI is InChI=1S/C34H36ClN3O5S/c1-3-36-34(40)32(22-26-10-6-4-7-11-26)37(23-27-14-16-29(35)17-15-27)33(39)24-38(44(2,41)42)30-18-20-31(21-19-30)43-25-28-12-8-5-9-13-28/h4-21,32H,3,22-25H2,1-2H3,(H,36,40). The second kappa shape index (κ2) is 15.4. The second-order valence-electron chi connectivity index (χ2n) is 10.3. The molecule has 0 fully saturated rings. The van der Waals surface area contributed by atoms with E-state index in [1.165, 1.54) is 4.90 Å². The van der Waals surface area contributed by atoms with Gasteiger partial charge in [0.2, 0.25) is 21.8 Å². The van der Waals surface area contributed by atoms with Crippen LogP contribution in [0.1, 0.15) is 23.6 Å². The van der Waals surface area contributed by atoms with Crippen LogP contribution in [0.15, 0.2) is 109 Å². The summed E-state index contributed by atoms with van der Waals surface area (Å²) in [5.74, 6) is -0.299. The molecule has 4 aromatic carbocycles. The highest BCUT2D eigenvalue weighted by molar-refractivity contribution is 7.92. The van der Waals surface area contributed by atoms with Gasteiger partial charge in [0.1, 0.15) is 24.9 Å². The fourth-order valence-electron chi connectivity index (χ4n) is 4.70. The zero-order valence-electron chi connectivity index (χ0n) is 24.7. The van der Waals surface area contributed by atoms with Gasteiger partial charge < -0.3 is 15.0 Å². The van der Waals surface area contributed by atoms with Crippen molar-refractivity contribution in [1.29, 1.82) is 0 Å². The molecule has 0 aliphatic carbocycles. The van der Waals surface area contributed by atoms with Gasteiger partial charge in [-0.1, -0.05) is 84.4 Å². The van der Waals surface area contributed by atoms with Gasteiger partial charge in [0.25, 0.3) is 0 Å². The highest BCUT2D eigenvalue weighted by Crippen LogP contribution is 2.24. The summed E-state index contributed by atoms with van der Waals surface area (Å²) in [4.78, 5) is 29.0. The van der Waals surface area contributed by atoms with Crippen LogP contribution in [0.3, 0.4) is 0 Å². The van der Waals surface area contributed by atoms with E-state index in [4.69, 9.17) is 16.3 Å². The van der Waals surface area contributed by atoms with Crippen LogP contribution in [0.5, 0.6) is 5.75 Å². The Morgan fingerprint density at radius 2 is 1.41 bits per heavy atom. The van der Waals surface area contributed by atoms with E-state index in [9.17, 15) is 18.0 Å². The monoisotopic (exact) mass is 633 g/mol. The van der Waals surface area contributed by atoms with Crippen molar-refractivity contribution in [3.63, 3.8) is 0 Å². The van der Waals surface area contributed by atoms with Crippen LogP contribution in [0.25, 0.3) is 0 Å². The van der Waals surface area contributed by atoms with Gasteiger partial charge in [-0.3, -0.25) is 13.9 Å². The molecule has 1 unspecified atom stereocenters. The number of nitrogens with one attached hydrogen (secondary N) is 1. The summed E-state index contributed by atoms with van der Waals surface area (Å²) in [6, 6.07) is 31.7. The Balaban J connectivity index is 1.62. The van der Waals surface area contributed by atoms with Crippen molar-refractivity contribution in [2.24, 2.45) is 0 Å². The van der Waals surface area contributed by atoms with E-state index in [1.807, 2.05) is 60.7 Å². The number of carbonyl (C=O) groups is 2. The first-order valence-corrected chi connectivity index (χ1v) is 16.5. The molecule has 4 rings (SSSR count). The predicted octanol–water partition coefficient (Wildman–Crippen LogP) is 5.46. The average Bonchev–Trinajstić information content (AvgIpc) is 3.02. The molecule has 44 heavy (non-hydrogen) atoms. The first-order chi connectivity index (χ1) is 21.1. The number of hydrogen-bond acceptors (Lipinski definition) is 5. The molecule has 0 saturated heterocycles. The summed E-state index contributed by atoms with van der Waals surface area (Å²) in [6.07, 6.45) is 1.30. The highest BCUT2D eigenvalue weighted by Gasteiger charge is 2.32. The molecule has 8 nitrogen and oxygen atoms in total. The van der Waals surface area contributed by atoms with E-state index >= 15 is 0 Å². The van der Waals surface area contributed by atoms with Crippen molar-refractivity contribution in [3.05, 3.63) is 131 Å². The summed E-state index contributed by atoms with van der Waals surface area (Å²) in [6.45, 7) is 2.12. The average molecular weight is 634 g/mol. The lowest BCUT2D eigenvalue weighted by Crippen LogP contribution is -2.53. The van der Waals surface area contributed by atoms with Crippen LogP contribution in [0.2, 0.25) is 5.02 Å². The fraction of sp³-hybridized carbons (Fsp3) is 0.235. The number of ether oxygens (including phenoxy) is 1. The Bertz CT molecular complexity index is 1620. The van der Waals surface area contributed by atoms with E-state index in [0.29, 0.717) is 29.6 Å². The van der Waals surface area contributed by atoms with Crippen LogP contribution < -0.4 is 14.4 Å². The number of rotatable bonds is 14. The van der Waals surface area contributed by atoms with Crippen molar-refractivity contribution < 1.29 is 22.7 Å². The van der Waals surface area contributed by atoms with E-state index in [-0.39, 0.29) is 18.9 Å². The number of likely N-dealkylation sites (N-methyl/N-ethyl adjacent to an activating group) is 1. The summed E-state index contributed by atoms with van der Waals surface area (Å²) in [5.41, 5.74) is 2.91. The summed E-state index contributed by atoms with van der Waals surface area (Å²) in [5, 5.41) is 3.38. The quantitative estimate of drug-likeness (QED) is 0.199. The minimum atomic E-state index is -3.88. The summed E-state index contributed by atoms with van der Waals surface area (Å²) >= 11 is 6.09. The number of carbonyl (C=O) groups excluding carboxylic acids is 2. The minimum Gasteiger partial charge on any atom is -0.489 e. The van der Waals surface area contributed by atoms with Gasteiger partial charge in [-0.25, -0.2) is 8.42 Å². The predicted molar refractivity (Wildman–Crippen MR) is 174 cm³/mol. The number of hydrogen-bond donors (Lipinski definition) is 1. The van der Waals surface area contributed by atoms with E-state index in [1.54, 1.807) is 55.5 Å². The first-order valence-electron chi connectivity index (χ1n) is 14.2. The molecule has 0 bridgehead atoms. The van der Waals surface area contributed by atoms with Crippen molar-refractivity contribution in [3.8, 4) is 5.75 Å². The largest absolute Gasteiger partial charge is 0.489 e. The summed E-state index contributed by atoms with van der Waals surface area (Å²) in [7, 11) is -3.88. The molecule has 0 aliphatic rings. The summed E-state index contributed by atoms with van der Waals surface area (Å²) < 4.78 is 32.9. The van der Waals surface area contributed by atoms with Crippen LogP contribution in [0, 0.1) is 0 Å². The van der Waals surface area contributed by atoms with E-state index in [2.05, 4.69) is 5.32 Å². The minimum absolute atomic E-state index is 0.0779. The molecule has 1 N–H and O–H groups in total. The van der Waals surface area contributed by atoms with Crippen molar-refractivity contribution in [2.75, 3.05) is 23.7 Å². The van der Waals surface area contributed by atoms with Gasteiger partial charge in [-0.15, -0.1) is 0 Å². The van der Waals surface area contributed by atoms with Gasteiger partial charge in [0.05, 0.1) is 11.9 Å². The first kappa shape index (κ1) is 32.6. The Labute approximate surface area is 264 Å². The molecule has 0 aromatic heterocycles. The van der Waals surface area contributed by atoms with Gasteiger partial charge >= 0.3 is 0 Å². The molecular weight excluding hydrogens is 598 g/mol. The zero-order valence-corrected chi connectivity index (χ0v) is 26.3. The third-order valence-corrected chi connectivity index (χ3v) is 8.33. The van der Waals surface area contributed by atoms with E-state index in [0.717, 1.165) is 27.3 Å². The maximum Gasteiger partial charge on any atom is 0.244 e. The number of sulfonamides is 1. The molecule has 4 aromatic rings. The Morgan fingerprint density at radius 3 is 1.98 bits per heavy atom. The Kier molecular flexibility index (Phi) is 11.4. The molecule has 0 spiro atoms. The van der Waals surface area contributed by atoms with Crippen molar-refractivity contribution in [1.82, 2.24) is 10.2 Å². The molecule has 230 valence electrons. The number of anilines is 1. The third kappa shape index (κ3) is 9.33. The number of halogens is 1. The molecular formula is C34H36ClN3O5S. The SMILES string of the molecule is CCNC(=O)C(Cc1ccccc1)N(Cc1ccc(Cl)cc1)C(=O)CN(c1ccc(OCc2ccccc2)cc1)S(C)(=O)=O. The molecule has 0 radical (unpaired) electrons. The molecule has 10 heteroatoms. The normalized spacial score (nSPS) is 11.8. The van der Waals surface area contributed by atoms with Gasteiger partial charge in [0.15, 0.2) is 0 Å². The Hall–Kier alpha value is -4.34. The van der Waals surface area contributed by atoms with Crippen LogP contribution in [-0.2, 0) is 39.2 Å². The number of benzene rings is 4. The molecule has 1 atom stereocenters. The number of nitrogens with zero attached hydrogens (tertiary/aromatic N) is 2. The Morgan fingerprint density at radius 1 is 0.818 bits per heavy atom. The maximum atomic E-state index is 14.1. The number of amides is 2. The van der Waals surface area contributed by atoms with Crippen molar-refractivity contribution in [2.45, 2.75) is 32.5 Å².